The van der Waals surface area contributed by atoms with Crippen molar-refractivity contribution in [3.05, 3.63) is 24.0 Å². The molecule has 0 aliphatic carbocycles. The number of ether oxygens (including phenoxy) is 3. The van der Waals surface area contributed by atoms with Gasteiger partial charge in [-0.15, -0.1) is 0 Å². The lowest BCUT2D eigenvalue weighted by molar-refractivity contribution is -0.137. The molecule has 9 heteroatoms. The number of carbonyl (C=O) groups is 2. The number of aromatic amines is 1. The summed E-state index contributed by atoms with van der Waals surface area (Å²) in [6.45, 7) is 2.95. The van der Waals surface area contributed by atoms with E-state index >= 15 is 0 Å². The molecule has 2 amide bonds. The summed E-state index contributed by atoms with van der Waals surface area (Å²) in [7, 11) is 0. The van der Waals surface area contributed by atoms with Crippen LogP contribution in [0.1, 0.15) is 5.69 Å². The van der Waals surface area contributed by atoms with Crippen molar-refractivity contribution in [2.24, 2.45) is 0 Å². The summed E-state index contributed by atoms with van der Waals surface area (Å²) in [5, 5.41) is 10.2. The standard InChI is InChI=1S/C14H20N4O5/c19-13-1-2-14(20)18(13)4-6-22-8-10-23-9-7-21-5-3-12-11-15-17-16-12/h1-2,11H,3-10H2,(H,15,16,17). The molecule has 0 aromatic carbocycles. The zero-order valence-corrected chi connectivity index (χ0v) is 12.8. The zero-order valence-electron chi connectivity index (χ0n) is 12.8. The number of hydrogen-bond donors (Lipinski definition) is 1. The molecule has 0 unspecified atom stereocenters. The number of hydrogen-bond acceptors (Lipinski definition) is 7. The number of amides is 2. The molecular weight excluding hydrogens is 304 g/mol. The van der Waals surface area contributed by atoms with Crippen molar-refractivity contribution in [1.82, 2.24) is 20.3 Å². The second-order valence-electron chi connectivity index (χ2n) is 4.71. The maximum absolute atomic E-state index is 11.3. The van der Waals surface area contributed by atoms with Crippen molar-refractivity contribution >= 4 is 11.8 Å². The number of H-pyrrole nitrogens is 1. The lowest BCUT2D eigenvalue weighted by atomic mass is 10.3. The Bertz CT molecular complexity index is 499. The molecule has 1 aromatic heterocycles. The Morgan fingerprint density at radius 2 is 1.52 bits per heavy atom. The number of rotatable bonds is 12. The fourth-order valence-corrected chi connectivity index (χ4v) is 1.87. The normalized spacial score (nSPS) is 14.2. The van der Waals surface area contributed by atoms with Crippen molar-refractivity contribution in [2.75, 3.05) is 46.2 Å². The van der Waals surface area contributed by atoms with Crippen LogP contribution >= 0.6 is 0 Å². The summed E-state index contributed by atoms with van der Waals surface area (Å²) in [5.41, 5.74) is 0.865. The summed E-state index contributed by atoms with van der Waals surface area (Å²) in [5.74, 6) is -0.588. The zero-order chi connectivity index (χ0) is 16.3. The quantitative estimate of drug-likeness (QED) is 0.401. The molecule has 0 fully saturated rings. The minimum Gasteiger partial charge on any atom is -0.379 e. The Morgan fingerprint density at radius 3 is 2.13 bits per heavy atom. The molecule has 0 saturated carbocycles. The number of nitrogens with one attached hydrogen (secondary N) is 1. The van der Waals surface area contributed by atoms with Crippen LogP contribution in [0.3, 0.4) is 0 Å². The topological polar surface area (TPSA) is 107 Å². The van der Waals surface area contributed by atoms with Gasteiger partial charge in [-0.05, 0) is 0 Å². The van der Waals surface area contributed by atoms with Gasteiger partial charge in [0.1, 0.15) is 0 Å². The van der Waals surface area contributed by atoms with Crippen molar-refractivity contribution in [1.29, 1.82) is 0 Å². The molecular formula is C14H20N4O5. The van der Waals surface area contributed by atoms with E-state index in [1.807, 2.05) is 0 Å². The number of aromatic nitrogens is 3. The van der Waals surface area contributed by atoms with E-state index in [-0.39, 0.29) is 18.4 Å². The van der Waals surface area contributed by atoms with Crippen LogP contribution in [0.25, 0.3) is 0 Å². The summed E-state index contributed by atoms with van der Waals surface area (Å²) in [4.78, 5) is 23.7. The second kappa shape index (κ2) is 9.82. The second-order valence-corrected chi connectivity index (χ2v) is 4.71. The fourth-order valence-electron chi connectivity index (χ4n) is 1.87. The van der Waals surface area contributed by atoms with E-state index in [2.05, 4.69) is 15.4 Å². The Labute approximate surface area is 133 Å². The summed E-state index contributed by atoms with van der Waals surface area (Å²) < 4.78 is 16.0. The van der Waals surface area contributed by atoms with Gasteiger partial charge in [0.2, 0.25) is 0 Å². The average molecular weight is 324 g/mol. The molecule has 0 saturated heterocycles. The number of imide groups is 1. The third-order valence-corrected chi connectivity index (χ3v) is 3.07. The minimum atomic E-state index is -0.294. The van der Waals surface area contributed by atoms with Gasteiger partial charge in [-0.3, -0.25) is 14.5 Å². The largest absolute Gasteiger partial charge is 0.379 e. The Morgan fingerprint density at radius 1 is 0.913 bits per heavy atom. The highest BCUT2D eigenvalue weighted by molar-refractivity contribution is 6.12. The van der Waals surface area contributed by atoms with Gasteiger partial charge in [0.15, 0.2) is 0 Å². The van der Waals surface area contributed by atoms with E-state index < -0.39 is 0 Å². The van der Waals surface area contributed by atoms with Crippen molar-refractivity contribution in [3.8, 4) is 0 Å². The first-order valence-corrected chi connectivity index (χ1v) is 7.39. The van der Waals surface area contributed by atoms with E-state index in [9.17, 15) is 9.59 Å². The van der Waals surface area contributed by atoms with Gasteiger partial charge in [-0.25, -0.2) is 0 Å². The average Bonchev–Trinajstić information content (AvgIpc) is 3.17. The number of carbonyl (C=O) groups excluding carboxylic acids is 2. The highest BCUT2D eigenvalue weighted by atomic mass is 16.5. The summed E-state index contributed by atoms with van der Waals surface area (Å²) in [6.07, 6.45) is 4.89. The third kappa shape index (κ3) is 6.27. The molecule has 1 aromatic rings. The minimum absolute atomic E-state index is 0.260. The molecule has 1 aliphatic rings. The van der Waals surface area contributed by atoms with Crippen LogP contribution in [-0.4, -0.2) is 78.3 Å². The summed E-state index contributed by atoms with van der Waals surface area (Å²) >= 11 is 0. The Kier molecular flexibility index (Phi) is 7.37. The van der Waals surface area contributed by atoms with Gasteiger partial charge in [0.05, 0.1) is 58.1 Å². The Hall–Kier alpha value is -2.10. The van der Waals surface area contributed by atoms with Crippen LogP contribution in [-0.2, 0) is 30.2 Å². The number of nitrogens with zero attached hydrogens (tertiary/aromatic N) is 3. The first-order chi connectivity index (χ1) is 11.3. The molecule has 9 nitrogen and oxygen atoms in total. The van der Waals surface area contributed by atoms with Gasteiger partial charge in [-0.1, -0.05) is 0 Å². The molecule has 0 radical (unpaired) electrons. The van der Waals surface area contributed by atoms with Crippen LogP contribution in [0.4, 0.5) is 0 Å². The predicted molar refractivity (Wildman–Crippen MR) is 78.4 cm³/mol. The van der Waals surface area contributed by atoms with Crippen molar-refractivity contribution in [3.63, 3.8) is 0 Å². The molecule has 1 aliphatic heterocycles. The van der Waals surface area contributed by atoms with Gasteiger partial charge in [0, 0.05) is 18.6 Å². The summed E-state index contributed by atoms with van der Waals surface area (Å²) in [6, 6.07) is 0. The molecule has 23 heavy (non-hydrogen) atoms. The van der Waals surface area contributed by atoms with Crippen molar-refractivity contribution in [2.45, 2.75) is 6.42 Å². The van der Waals surface area contributed by atoms with Gasteiger partial charge in [0.25, 0.3) is 11.8 Å². The molecule has 2 heterocycles. The van der Waals surface area contributed by atoms with E-state index in [4.69, 9.17) is 14.2 Å². The van der Waals surface area contributed by atoms with Crippen LogP contribution in [0, 0.1) is 0 Å². The fraction of sp³-hybridized carbons (Fsp3) is 0.571. The lowest BCUT2D eigenvalue weighted by Gasteiger charge is -2.13. The van der Waals surface area contributed by atoms with E-state index in [0.29, 0.717) is 46.1 Å². The molecule has 0 atom stereocenters. The van der Waals surface area contributed by atoms with Crippen LogP contribution < -0.4 is 0 Å². The van der Waals surface area contributed by atoms with Crippen LogP contribution in [0.15, 0.2) is 18.3 Å². The van der Waals surface area contributed by atoms with Gasteiger partial charge >= 0.3 is 0 Å². The van der Waals surface area contributed by atoms with Crippen LogP contribution in [0.2, 0.25) is 0 Å². The lowest BCUT2D eigenvalue weighted by Crippen LogP contribution is -2.33. The first kappa shape index (κ1) is 17.3. The highest BCUT2D eigenvalue weighted by Gasteiger charge is 2.22. The predicted octanol–water partition coefficient (Wildman–Crippen LogP) is -0.678. The van der Waals surface area contributed by atoms with Crippen LogP contribution in [0.5, 0.6) is 0 Å². The van der Waals surface area contributed by atoms with Gasteiger partial charge < -0.3 is 14.2 Å². The SMILES string of the molecule is O=C1C=CC(=O)N1CCOCCOCCOCCc1cn[nH]n1. The maximum atomic E-state index is 11.3. The molecule has 2 rings (SSSR count). The molecule has 126 valence electrons. The maximum Gasteiger partial charge on any atom is 0.253 e. The van der Waals surface area contributed by atoms with Crippen molar-refractivity contribution < 1.29 is 23.8 Å². The molecule has 0 spiro atoms. The van der Waals surface area contributed by atoms with E-state index in [1.54, 1.807) is 6.20 Å². The van der Waals surface area contributed by atoms with E-state index in [0.717, 1.165) is 10.6 Å². The third-order valence-electron chi connectivity index (χ3n) is 3.07. The smallest absolute Gasteiger partial charge is 0.253 e. The monoisotopic (exact) mass is 324 g/mol. The molecule has 1 N–H and O–H groups in total. The van der Waals surface area contributed by atoms with Gasteiger partial charge in [-0.2, -0.15) is 15.4 Å². The molecule has 0 bridgehead atoms. The Balaban J connectivity index is 1.34. The first-order valence-electron chi connectivity index (χ1n) is 7.39. The highest BCUT2D eigenvalue weighted by Crippen LogP contribution is 2.02. The van der Waals surface area contributed by atoms with E-state index in [1.165, 1.54) is 12.2 Å².